The summed E-state index contributed by atoms with van der Waals surface area (Å²) >= 11 is 0. The van der Waals surface area contributed by atoms with E-state index in [0.29, 0.717) is 23.9 Å². The number of hydrogen-bond donors (Lipinski definition) is 1. The van der Waals surface area contributed by atoms with Crippen LogP contribution in [0.5, 0.6) is 0 Å². The van der Waals surface area contributed by atoms with Crippen molar-refractivity contribution in [2.24, 2.45) is 0 Å². The van der Waals surface area contributed by atoms with Gasteiger partial charge in [-0.1, -0.05) is 214 Å². The van der Waals surface area contributed by atoms with Gasteiger partial charge in [0.1, 0.15) is 13.2 Å². The van der Waals surface area contributed by atoms with Crippen LogP contribution >= 0.6 is 0 Å². The van der Waals surface area contributed by atoms with Gasteiger partial charge in [-0.05, 0) is 77.0 Å². The molecule has 394 valence electrons. The van der Waals surface area contributed by atoms with Gasteiger partial charge in [0.05, 0.1) is 34.4 Å². The van der Waals surface area contributed by atoms with Gasteiger partial charge in [0.2, 0.25) is 0 Å². The lowest BCUT2D eigenvalue weighted by molar-refractivity contribution is -0.870. The maximum absolute atomic E-state index is 12.8. The third-order valence-corrected chi connectivity index (χ3v) is 11.4. The molecular formula is C60H102NO8+. The lowest BCUT2D eigenvalue weighted by atomic mass is 10.1. The quantitative estimate of drug-likeness (QED) is 0.0211. The van der Waals surface area contributed by atoms with Gasteiger partial charge in [-0.25, -0.2) is 4.79 Å². The minimum Gasteiger partial charge on any atom is -0.477 e. The van der Waals surface area contributed by atoms with Gasteiger partial charge >= 0.3 is 17.9 Å². The molecule has 0 aromatic rings. The zero-order valence-corrected chi connectivity index (χ0v) is 44.7. The molecule has 0 aliphatic carbocycles. The van der Waals surface area contributed by atoms with E-state index in [1.54, 1.807) is 0 Å². The number of nitrogens with zero attached hydrogens (tertiary/aromatic N) is 1. The molecule has 2 atom stereocenters. The zero-order chi connectivity index (χ0) is 50.6. The van der Waals surface area contributed by atoms with Crippen LogP contribution in [-0.2, 0) is 33.3 Å². The summed E-state index contributed by atoms with van der Waals surface area (Å²) in [5.41, 5.74) is 0. The van der Waals surface area contributed by atoms with Crippen LogP contribution in [0, 0.1) is 0 Å². The Kier molecular flexibility index (Phi) is 47.8. The second-order valence-electron chi connectivity index (χ2n) is 19.2. The zero-order valence-electron chi connectivity index (χ0n) is 44.7. The van der Waals surface area contributed by atoms with Gasteiger partial charge in [-0.2, -0.15) is 0 Å². The first-order valence-electron chi connectivity index (χ1n) is 27.4. The third kappa shape index (κ3) is 51.9. The first-order valence-corrected chi connectivity index (χ1v) is 27.4. The topological polar surface area (TPSA) is 108 Å². The molecular weight excluding hydrogens is 863 g/mol. The molecule has 0 amide bonds. The second-order valence-corrected chi connectivity index (χ2v) is 19.2. The molecule has 9 nitrogen and oxygen atoms in total. The van der Waals surface area contributed by atoms with Gasteiger partial charge in [-0.3, -0.25) is 9.59 Å². The fourth-order valence-electron chi connectivity index (χ4n) is 7.15. The highest BCUT2D eigenvalue weighted by Gasteiger charge is 2.25. The molecule has 0 radical (unpaired) electrons. The number of carboxylic acids is 1. The lowest BCUT2D eigenvalue weighted by Gasteiger charge is -2.25. The molecule has 69 heavy (non-hydrogen) atoms. The van der Waals surface area contributed by atoms with E-state index in [-0.39, 0.29) is 32.2 Å². The SMILES string of the molecule is CC/C=C\C/C=C\C/C=C\C/C=C\C/C=C\C/C=C\C/C=C\C/C=C\CCCCCCCCCCC(=O)OC(COC(=O)CCCCCCCCCCCCC)COC(OCC[N+](C)(C)C)C(=O)O. The molecule has 0 saturated heterocycles. The Morgan fingerprint density at radius 1 is 0.449 bits per heavy atom. The number of carbonyl (C=O) groups excluding carboxylic acids is 2. The summed E-state index contributed by atoms with van der Waals surface area (Å²) in [6, 6.07) is 0. The Bertz CT molecular complexity index is 1450. The van der Waals surface area contributed by atoms with Gasteiger partial charge in [0, 0.05) is 12.8 Å². The minimum absolute atomic E-state index is 0.182. The summed E-state index contributed by atoms with van der Waals surface area (Å²) in [5, 5.41) is 9.66. The fourth-order valence-corrected chi connectivity index (χ4v) is 7.15. The van der Waals surface area contributed by atoms with Crippen LogP contribution in [0.15, 0.2) is 97.2 Å². The molecule has 0 aromatic carbocycles. The molecule has 0 bridgehead atoms. The predicted molar refractivity (Wildman–Crippen MR) is 290 cm³/mol. The Balaban J connectivity index is 4.22. The monoisotopic (exact) mass is 965 g/mol. The van der Waals surface area contributed by atoms with Crippen LogP contribution in [-0.4, -0.2) is 87.4 Å². The van der Waals surface area contributed by atoms with Crippen LogP contribution in [0.3, 0.4) is 0 Å². The van der Waals surface area contributed by atoms with E-state index in [1.807, 2.05) is 21.1 Å². The number of quaternary nitrogens is 1. The highest BCUT2D eigenvalue weighted by molar-refractivity contribution is 5.71. The van der Waals surface area contributed by atoms with Gasteiger partial charge in [0.15, 0.2) is 6.10 Å². The standard InChI is InChI=1S/C60H101NO8/c1-6-8-10-12-14-16-18-19-20-21-22-23-24-25-26-27-28-29-30-31-32-33-34-35-36-37-38-39-41-43-45-47-49-51-58(63)69-56(55-68-60(59(64)65)66-53-52-61(3,4)5)54-67-57(62)50-48-46-44-42-40-17-15-13-11-9-7-2/h8,10,14,16,19-20,22-23,25-26,28-29,31-32,34-35,56,60H,6-7,9,11-13,15,17-18,21,24,27,30,33,36-55H2,1-5H3/p+1/b10-8-,16-14-,20-19-,23-22-,26-25-,29-28-,32-31-,35-34-. The number of likely N-dealkylation sites (N-methyl/N-ethyl adjacent to an activating group) is 1. The molecule has 1 N–H and O–H groups in total. The number of carbonyl (C=O) groups is 3. The Morgan fingerprint density at radius 3 is 1.23 bits per heavy atom. The average molecular weight is 965 g/mol. The predicted octanol–water partition coefficient (Wildman–Crippen LogP) is 15.8. The van der Waals surface area contributed by atoms with Crippen LogP contribution in [0.2, 0.25) is 0 Å². The number of carboxylic acid groups (broad SMARTS) is 1. The van der Waals surface area contributed by atoms with Gasteiger partial charge in [-0.15, -0.1) is 0 Å². The Labute approximate surface area is 422 Å². The first kappa shape index (κ1) is 65.2. The summed E-state index contributed by atoms with van der Waals surface area (Å²) in [4.78, 5) is 37.2. The van der Waals surface area contributed by atoms with Crippen molar-refractivity contribution in [3.63, 3.8) is 0 Å². The van der Waals surface area contributed by atoms with E-state index in [2.05, 4.69) is 111 Å². The molecule has 2 unspecified atom stereocenters. The van der Waals surface area contributed by atoms with Crippen molar-refractivity contribution in [2.45, 2.75) is 219 Å². The van der Waals surface area contributed by atoms with Crippen molar-refractivity contribution < 1.29 is 42.9 Å². The number of rotatable bonds is 49. The first-order chi connectivity index (χ1) is 33.6. The highest BCUT2D eigenvalue weighted by atomic mass is 16.7. The smallest absolute Gasteiger partial charge is 0.361 e. The largest absolute Gasteiger partial charge is 0.477 e. The van der Waals surface area contributed by atoms with Crippen LogP contribution in [0.1, 0.15) is 206 Å². The summed E-state index contributed by atoms with van der Waals surface area (Å²) < 4.78 is 22.8. The minimum atomic E-state index is -1.51. The van der Waals surface area contributed by atoms with Gasteiger partial charge in [0.25, 0.3) is 6.29 Å². The lowest BCUT2D eigenvalue weighted by Crippen LogP contribution is -2.40. The summed E-state index contributed by atoms with van der Waals surface area (Å²) in [5.74, 6) is -2.02. The van der Waals surface area contributed by atoms with Crippen LogP contribution < -0.4 is 0 Å². The highest BCUT2D eigenvalue weighted by Crippen LogP contribution is 2.15. The number of unbranched alkanes of at least 4 members (excludes halogenated alkanes) is 18. The fraction of sp³-hybridized carbons (Fsp3) is 0.683. The molecule has 0 aromatic heterocycles. The van der Waals surface area contributed by atoms with Crippen molar-refractivity contribution in [2.75, 3.05) is 47.5 Å². The van der Waals surface area contributed by atoms with E-state index in [4.69, 9.17) is 18.9 Å². The number of esters is 2. The van der Waals surface area contributed by atoms with E-state index in [0.717, 1.165) is 96.3 Å². The van der Waals surface area contributed by atoms with Crippen molar-refractivity contribution in [3.8, 4) is 0 Å². The number of allylic oxidation sites excluding steroid dienone is 16. The number of aliphatic carboxylic acids is 1. The molecule has 0 heterocycles. The van der Waals surface area contributed by atoms with Gasteiger partial charge < -0.3 is 28.5 Å². The molecule has 0 aliphatic heterocycles. The van der Waals surface area contributed by atoms with E-state index in [9.17, 15) is 19.5 Å². The number of ether oxygens (including phenoxy) is 4. The average Bonchev–Trinajstić information content (AvgIpc) is 3.31. The summed E-state index contributed by atoms with van der Waals surface area (Å²) in [6.45, 7) is 4.73. The summed E-state index contributed by atoms with van der Waals surface area (Å²) in [6.07, 6.45) is 64.8. The van der Waals surface area contributed by atoms with E-state index in [1.165, 1.54) is 77.0 Å². The Morgan fingerprint density at radius 2 is 0.826 bits per heavy atom. The maximum Gasteiger partial charge on any atom is 0.361 e. The van der Waals surface area contributed by atoms with E-state index >= 15 is 0 Å². The van der Waals surface area contributed by atoms with E-state index < -0.39 is 24.3 Å². The number of hydrogen-bond acceptors (Lipinski definition) is 7. The third-order valence-electron chi connectivity index (χ3n) is 11.4. The van der Waals surface area contributed by atoms with Crippen LogP contribution in [0.4, 0.5) is 0 Å². The Hall–Kier alpha value is -3.79. The molecule has 0 rings (SSSR count). The second kappa shape index (κ2) is 50.6. The summed E-state index contributed by atoms with van der Waals surface area (Å²) in [7, 11) is 5.95. The normalized spacial score (nSPS) is 13.6. The molecule has 0 saturated carbocycles. The van der Waals surface area contributed by atoms with Crippen LogP contribution in [0.25, 0.3) is 0 Å². The van der Waals surface area contributed by atoms with Crippen molar-refractivity contribution in [1.82, 2.24) is 0 Å². The maximum atomic E-state index is 12.8. The van der Waals surface area contributed by atoms with Crippen molar-refractivity contribution in [1.29, 1.82) is 0 Å². The molecule has 0 fully saturated rings. The van der Waals surface area contributed by atoms with Crippen molar-refractivity contribution in [3.05, 3.63) is 97.2 Å². The van der Waals surface area contributed by atoms with Crippen molar-refractivity contribution >= 4 is 17.9 Å². The molecule has 9 heteroatoms. The molecule has 0 aliphatic rings. The molecule has 0 spiro atoms.